The molecule has 2 saturated heterocycles. The summed E-state index contributed by atoms with van der Waals surface area (Å²) in [6, 6.07) is 10.7. The zero-order chi connectivity index (χ0) is 17.8. The largest absolute Gasteiger partial charge is 0.370 e. The van der Waals surface area contributed by atoms with Gasteiger partial charge in [-0.05, 0) is 50.5 Å². The van der Waals surface area contributed by atoms with E-state index in [1.54, 1.807) is 0 Å². The summed E-state index contributed by atoms with van der Waals surface area (Å²) < 4.78 is 6.44. The Morgan fingerprint density at radius 2 is 2.00 bits per heavy atom. The van der Waals surface area contributed by atoms with Gasteiger partial charge in [-0.1, -0.05) is 36.4 Å². The fourth-order valence-corrected chi connectivity index (χ4v) is 4.56. The van der Waals surface area contributed by atoms with E-state index in [1.807, 2.05) is 0 Å². The summed E-state index contributed by atoms with van der Waals surface area (Å²) in [4.78, 5) is 14.7. The van der Waals surface area contributed by atoms with Crippen molar-refractivity contribution in [2.75, 3.05) is 19.6 Å². The number of likely N-dealkylation sites (tertiary alicyclic amines) is 1. The lowest BCUT2D eigenvalue weighted by molar-refractivity contribution is -0.119. The number of allylic oxidation sites excluding steroid dienone is 1. The molecule has 1 unspecified atom stereocenters. The van der Waals surface area contributed by atoms with Crippen LogP contribution < -0.4 is 5.32 Å². The van der Waals surface area contributed by atoms with Crippen molar-refractivity contribution < 1.29 is 9.53 Å². The smallest absolute Gasteiger partial charge is 0.246 e. The van der Waals surface area contributed by atoms with Gasteiger partial charge in [0, 0.05) is 31.8 Å². The fraction of sp³-hybridized carbons (Fsp3) is 0.591. The van der Waals surface area contributed by atoms with Crippen LogP contribution in [-0.2, 0) is 16.1 Å². The fourth-order valence-electron chi connectivity index (χ4n) is 4.56. The molecule has 26 heavy (non-hydrogen) atoms. The molecule has 0 saturated carbocycles. The second kappa shape index (κ2) is 7.93. The number of ether oxygens (including phenoxy) is 1. The van der Waals surface area contributed by atoms with Gasteiger partial charge in [-0.25, -0.2) is 0 Å². The van der Waals surface area contributed by atoms with Crippen molar-refractivity contribution in [3.05, 3.63) is 47.5 Å². The maximum absolute atomic E-state index is 12.1. The lowest BCUT2D eigenvalue weighted by Gasteiger charge is -2.39. The van der Waals surface area contributed by atoms with E-state index in [4.69, 9.17) is 4.74 Å². The van der Waals surface area contributed by atoms with Crippen molar-refractivity contribution >= 4 is 5.91 Å². The average molecular weight is 354 g/mol. The molecule has 1 aromatic carbocycles. The Morgan fingerprint density at radius 1 is 1.19 bits per heavy atom. The highest BCUT2D eigenvalue weighted by Crippen LogP contribution is 2.39. The molecule has 1 atom stereocenters. The van der Waals surface area contributed by atoms with Crippen LogP contribution in [0.25, 0.3) is 0 Å². The number of hydrogen-bond acceptors (Lipinski definition) is 3. The van der Waals surface area contributed by atoms with Crippen LogP contribution in [0.5, 0.6) is 0 Å². The van der Waals surface area contributed by atoms with Gasteiger partial charge in [0.1, 0.15) is 0 Å². The molecule has 1 aromatic rings. The van der Waals surface area contributed by atoms with E-state index in [2.05, 4.69) is 46.6 Å². The number of nitrogens with one attached hydrogen (secondary N) is 1. The monoisotopic (exact) mass is 354 g/mol. The van der Waals surface area contributed by atoms with Crippen LogP contribution >= 0.6 is 0 Å². The molecule has 0 aromatic heterocycles. The first kappa shape index (κ1) is 17.7. The Labute approximate surface area is 156 Å². The van der Waals surface area contributed by atoms with Crippen LogP contribution in [0.2, 0.25) is 0 Å². The Hall–Kier alpha value is -1.65. The molecule has 140 valence electrons. The number of hydrogen-bond donors (Lipinski definition) is 1. The van der Waals surface area contributed by atoms with Gasteiger partial charge >= 0.3 is 0 Å². The van der Waals surface area contributed by atoms with Crippen LogP contribution in [0.1, 0.15) is 50.5 Å². The van der Waals surface area contributed by atoms with Crippen molar-refractivity contribution in [1.29, 1.82) is 0 Å². The molecule has 2 fully saturated rings. The van der Waals surface area contributed by atoms with Gasteiger partial charge < -0.3 is 10.1 Å². The van der Waals surface area contributed by atoms with Gasteiger partial charge in [0.25, 0.3) is 0 Å². The molecule has 2 heterocycles. The third kappa shape index (κ3) is 4.18. The molecule has 1 aliphatic carbocycles. The van der Waals surface area contributed by atoms with E-state index < -0.39 is 0 Å². The van der Waals surface area contributed by atoms with E-state index in [-0.39, 0.29) is 17.6 Å². The SMILES string of the molecule is O=C(NCC1CCC2(CCN(Cc3ccccc3)CC2)O1)C1=CCCC1. The van der Waals surface area contributed by atoms with Gasteiger partial charge in [-0.15, -0.1) is 0 Å². The Bertz CT molecular complexity index is 647. The third-order valence-corrected chi connectivity index (χ3v) is 6.18. The van der Waals surface area contributed by atoms with Gasteiger partial charge in [-0.2, -0.15) is 0 Å². The van der Waals surface area contributed by atoms with Crippen LogP contribution in [0.15, 0.2) is 42.0 Å². The molecular formula is C22H30N2O2. The summed E-state index contributed by atoms with van der Waals surface area (Å²) in [6.45, 7) is 3.89. The standard InChI is InChI=1S/C22H30N2O2/c25-21(19-8-4-5-9-19)23-16-20-10-11-22(26-20)12-14-24(15-13-22)17-18-6-2-1-3-7-18/h1-3,6-8,20H,4-5,9-17H2,(H,23,25). The molecule has 4 nitrogen and oxygen atoms in total. The molecular weight excluding hydrogens is 324 g/mol. The Kier molecular flexibility index (Phi) is 5.41. The minimum absolute atomic E-state index is 0.0508. The number of benzene rings is 1. The maximum Gasteiger partial charge on any atom is 0.246 e. The number of rotatable bonds is 5. The summed E-state index contributed by atoms with van der Waals surface area (Å²) in [6.07, 6.45) is 9.77. The minimum Gasteiger partial charge on any atom is -0.370 e. The van der Waals surface area contributed by atoms with E-state index in [9.17, 15) is 4.79 Å². The summed E-state index contributed by atoms with van der Waals surface area (Å²) in [5.41, 5.74) is 2.40. The van der Waals surface area contributed by atoms with Crippen molar-refractivity contribution in [2.45, 2.75) is 63.2 Å². The number of amides is 1. The molecule has 1 spiro atoms. The van der Waals surface area contributed by atoms with Gasteiger partial charge in [0.2, 0.25) is 5.91 Å². The molecule has 0 bridgehead atoms. The first-order chi connectivity index (χ1) is 12.7. The van der Waals surface area contributed by atoms with Gasteiger partial charge in [-0.3, -0.25) is 9.69 Å². The molecule has 0 radical (unpaired) electrons. The number of piperidine rings is 1. The lowest BCUT2D eigenvalue weighted by atomic mass is 9.88. The van der Waals surface area contributed by atoms with Crippen LogP contribution in [-0.4, -0.2) is 42.1 Å². The normalized spacial score (nSPS) is 25.4. The second-order valence-electron chi connectivity index (χ2n) is 8.05. The quantitative estimate of drug-likeness (QED) is 0.881. The zero-order valence-electron chi connectivity index (χ0n) is 15.6. The summed E-state index contributed by atoms with van der Waals surface area (Å²) in [5.74, 6) is 0.115. The number of carbonyl (C=O) groups excluding carboxylic acids is 1. The third-order valence-electron chi connectivity index (χ3n) is 6.18. The molecule has 1 N–H and O–H groups in total. The van der Waals surface area contributed by atoms with Crippen molar-refractivity contribution in [2.24, 2.45) is 0 Å². The lowest BCUT2D eigenvalue weighted by Crippen LogP contribution is -2.44. The average Bonchev–Trinajstić information content (AvgIpc) is 3.34. The topological polar surface area (TPSA) is 41.6 Å². The van der Waals surface area contributed by atoms with Crippen LogP contribution in [0, 0.1) is 0 Å². The predicted molar refractivity (Wildman–Crippen MR) is 103 cm³/mol. The summed E-state index contributed by atoms with van der Waals surface area (Å²) in [5, 5.41) is 3.09. The Balaban J connectivity index is 1.22. The van der Waals surface area contributed by atoms with E-state index in [1.165, 1.54) is 5.56 Å². The van der Waals surface area contributed by atoms with Crippen molar-refractivity contribution in [3.63, 3.8) is 0 Å². The van der Waals surface area contributed by atoms with E-state index in [0.717, 1.165) is 70.2 Å². The first-order valence-electron chi connectivity index (χ1n) is 10.1. The maximum atomic E-state index is 12.1. The highest BCUT2D eigenvalue weighted by molar-refractivity contribution is 5.93. The highest BCUT2D eigenvalue weighted by atomic mass is 16.5. The molecule has 4 rings (SSSR count). The molecule has 1 amide bonds. The number of carbonyl (C=O) groups is 1. The van der Waals surface area contributed by atoms with Crippen molar-refractivity contribution in [1.82, 2.24) is 10.2 Å². The highest BCUT2D eigenvalue weighted by Gasteiger charge is 2.42. The van der Waals surface area contributed by atoms with Crippen LogP contribution in [0.4, 0.5) is 0 Å². The van der Waals surface area contributed by atoms with Gasteiger partial charge in [0.15, 0.2) is 0 Å². The molecule has 3 aliphatic rings. The Morgan fingerprint density at radius 3 is 2.73 bits per heavy atom. The number of nitrogens with zero attached hydrogens (tertiary/aromatic N) is 1. The van der Waals surface area contributed by atoms with E-state index >= 15 is 0 Å². The zero-order valence-corrected chi connectivity index (χ0v) is 15.6. The minimum atomic E-state index is 0.0508. The molecule has 2 aliphatic heterocycles. The van der Waals surface area contributed by atoms with Crippen LogP contribution in [0.3, 0.4) is 0 Å². The molecule has 4 heteroatoms. The van der Waals surface area contributed by atoms with Gasteiger partial charge in [0.05, 0.1) is 11.7 Å². The summed E-state index contributed by atoms with van der Waals surface area (Å²) in [7, 11) is 0. The van der Waals surface area contributed by atoms with E-state index in [0.29, 0.717) is 6.54 Å². The summed E-state index contributed by atoms with van der Waals surface area (Å²) >= 11 is 0. The second-order valence-corrected chi connectivity index (χ2v) is 8.05. The predicted octanol–water partition coefficient (Wildman–Crippen LogP) is 3.43. The first-order valence-corrected chi connectivity index (χ1v) is 10.1. The van der Waals surface area contributed by atoms with Crippen molar-refractivity contribution in [3.8, 4) is 0 Å².